The van der Waals surface area contributed by atoms with E-state index in [0.29, 0.717) is 19.1 Å². The van der Waals surface area contributed by atoms with Gasteiger partial charge in [0.1, 0.15) is 0 Å². The van der Waals surface area contributed by atoms with Crippen molar-refractivity contribution in [1.82, 2.24) is 14.9 Å². The zero-order chi connectivity index (χ0) is 12.9. The molecular weight excluding hydrogens is 238 g/mol. The van der Waals surface area contributed by atoms with Gasteiger partial charge in [-0.25, -0.2) is 13.1 Å². The Morgan fingerprint density at radius 2 is 2.06 bits per heavy atom. The molecule has 1 unspecified atom stereocenters. The summed E-state index contributed by atoms with van der Waals surface area (Å²) in [7, 11) is -1.06. The molecule has 6 heteroatoms. The lowest BCUT2D eigenvalue weighted by Gasteiger charge is -2.24. The van der Waals surface area contributed by atoms with Crippen LogP contribution in [0.1, 0.15) is 26.7 Å². The van der Waals surface area contributed by atoms with E-state index in [0.717, 1.165) is 6.54 Å². The van der Waals surface area contributed by atoms with E-state index < -0.39 is 10.0 Å². The van der Waals surface area contributed by atoms with E-state index >= 15 is 0 Å². The monoisotopic (exact) mass is 263 g/mol. The Balaban J connectivity index is 2.23. The van der Waals surface area contributed by atoms with Gasteiger partial charge in [-0.2, -0.15) is 0 Å². The first-order valence-electron chi connectivity index (χ1n) is 6.36. The summed E-state index contributed by atoms with van der Waals surface area (Å²) in [6.45, 7) is 5.84. The smallest absolute Gasteiger partial charge is 0.212 e. The molecule has 0 amide bonds. The second-order valence-corrected chi connectivity index (χ2v) is 6.69. The normalized spacial score (nSPS) is 18.6. The number of sulfonamides is 1. The number of rotatable bonds is 9. The van der Waals surface area contributed by atoms with Crippen molar-refractivity contribution in [3.63, 3.8) is 0 Å². The molecule has 0 aromatic heterocycles. The van der Waals surface area contributed by atoms with Gasteiger partial charge in [-0.15, -0.1) is 0 Å². The van der Waals surface area contributed by atoms with E-state index in [2.05, 4.69) is 28.9 Å². The zero-order valence-corrected chi connectivity index (χ0v) is 11.9. The highest BCUT2D eigenvalue weighted by Gasteiger charge is 2.29. The molecule has 0 aliphatic heterocycles. The molecule has 1 saturated carbocycles. The molecule has 0 bridgehead atoms. The van der Waals surface area contributed by atoms with Gasteiger partial charge in [0.25, 0.3) is 0 Å². The molecule has 0 heterocycles. The minimum Gasteiger partial charge on any atom is -0.316 e. The van der Waals surface area contributed by atoms with Crippen LogP contribution in [0, 0.1) is 0 Å². The third-order valence-corrected chi connectivity index (χ3v) is 4.56. The Kier molecular flexibility index (Phi) is 5.85. The van der Waals surface area contributed by atoms with Crippen LogP contribution in [0.2, 0.25) is 0 Å². The van der Waals surface area contributed by atoms with Crippen LogP contribution in [0.15, 0.2) is 0 Å². The standard InChI is InChI=1S/C11H25N3O2S/c1-4-12-7-8-17(15,16)13-9-10(2)14(3)11-5-6-11/h10-13H,4-9H2,1-3H3. The van der Waals surface area contributed by atoms with Gasteiger partial charge in [0.2, 0.25) is 10.0 Å². The first-order chi connectivity index (χ1) is 7.96. The quantitative estimate of drug-likeness (QED) is 0.575. The number of nitrogens with one attached hydrogen (secondary N) is 2. The third-order valence-electron chi connectivity index (χ3n) is 3.21. The molecule has 2 N–H and O–H groups in total. The van der Waals surface area contributed by atoms with Crippen molar-refractivity contribution >= 4 is 10.0 Å². The van der Waals surface area contributed by atoms with Crippen LogP contribution in [0.5, 0.6) is 0 Å². The predicted octanol–water partition coefficient (Wildman–Crippen LogP) is -0.00200. The lowest BCUT2D eigenvalue weighted by atomic mass is 10.3. The van der Waals surface area contributed by atoms with Crippen molar-refractivity contribution in [2.24, 2.45) is 0 Å². The molecule has 0 saturated heterocycles. The lowest BCUT2D eigenvalue weighted by molar-refractivity contribution is 0.248. The summed E-state index contributed by atoms with van der Waals surface area (Å²) in [6.07, 6.45) is 2.49. The average Bonchev–Trinajstić information content (AvgIpc) is 3.09. The van der Waals surface area contributed by atoms with Gasteiger partial charge in [-0.05, 0) is 33.4 Å². The maximum atomic E-state index is 11.6. The summed E-state index contributed by atoms with van der Waals surface area (Å²) >= 11 is 0. The molecule has 1 aliphatic rings. The predicted molar refractivity (Wildman–Crippen MR) is 70.6 cm³/mol. The summed E-state index contributed by atoms with van der Waals surface area (Å²) in [5, 5.41) is 3.01. The molecular formula is C11H25N3O2S. The summed E-state index contributed by atoms with van der Waals surface area (Å²) in [5.41, 5.74) is 0. The second-order valence-electron chi connectivity index (χ2n) is 4.77. The van der Waals surface area contributed by atoms with Crippen LogP contribution in [-0.2, 0) is 10.0 Å². The first-order valence-corrected chi connectivity index (χ1v) is 8.01. The fourth-order valence-corrected chi connectivity index (χ4v) is 2.74. The molecule has 1 aliphatic carbocycles. The molecule has 0 spiro atoms. The number of likely N-dealkylation sites (N-methyl/N-ethyl adjacent to an activating group) is 1. The molecule has 0 aromatic carbocycles. The highest BCUT2D eigenvalue weighted by molar-refractivity contribution is 7.89. The Labute approximate surface area is 105 Å². The molecule has 1 fully saturated rings. The Morgan fingerprint density at radius 3 is 2.59 bits per heavy atom. The minimum absolute atomic E-state index is 0.153. The van der Waals surface area contributed by atoms with Gasteiger partial charge >= 0.3 is 0 Å². The summed E-state index contributed by atoms with van der Waals surface area (Å²) in [6, 6.07) is 0.924. The Bertz CT molecular complexity index is 315. The molecule has 5 nitrogen and oxygen atoms in total. The van der Waals surface area contributed by atoms with E-state index in [1.807, 2.05) is 6.92 Å². The molecule has 1 rings (SSSR count). The summed E-state index contributed by atoms with van der Waals surface area (Å²) < 4.78 is 26.0. The van der Waals surface area contributed by atoms with Gasteiger partial charge in [-0.1, -0.05) is 6.92 Å². The molecule has 1 atom stereocenters. The van der Waals surface area contributed by atoms with Crippen LogP contribution in [0.3, 0.4) is 0 Å². The van der Waals surface area contributed by atoms with Crippen molar-refractivity contribution in [3.8, 4) is 0 Å². The number of nitrogens with zero attached hydrogens (tertiary/aromatic N) is 1. The van der Waals surface area contributed by atoms with Gasteiger partial charge in [0, 0.05) is 25.2 Å². The summed E-state index contributed by atoms with van der Waals surface area (Å²) in [4.78, 5) is 2.26. The zero-order valence-electron chi connectivity index (χ0n) is 11.1. The van der Waals surface area contributed by atoms with Gasteiger partial charge in [-0.3, -0.25) is 4.90 Å². The van der Waals surface area contributed by atoms with Gasteiger partial charge in [0.05, 0.1) is 5.75 Å². The number of hydrogen-bond donors (Lipinski definition) is 2. The fourth-order valence-electron chi connectivity index (χ4n) is 1.69. The highest BCUT2D eigenvalue weighted by atomic mass is 32.2. The topological polar surface area (TPSA) is 61.4 Å². The van der Waals surface area contributed by atoms with Crippen molar-refractivity contribution < 1.29 is 8.42 Å². The van der Waals surface area contributed by atoms with Crippen LogP contribution in [0.25, 0.3) is 0 Å². The Hall–Kier alpha value is -0.170. The average molecular weight is 263 g/mol. The van der Waals surface area contributed by atoms with E-state index in [4.69, 9.17) is 0 Å². The maximum Gasteiger partial charge on any atom is 0.212 e. The van der Waals surface area contributed by atoms with Crippen LogP contribution >= 0.6 is 0 Å². The van der Waals surface area contributed by atoms with Gasteiger partial charge in [0.15, 0.2) is 0 Å². The first kappa shape index (κ1) is 14.9. The van der Waals surface area contributed by atoms with Crippen molar-refractivity contribution in [3.05, 3.63) is 0 Å². The fraction of sp³-hybridized carbons (Fsp3) is 1.00. The SMILES string of the molecule is CCNCCS(=O)(=O)NCC(C)N(C)C1CC1. The lowest BCUT2D eigenvalue weighted by Crippen LogP contribution is -2.42. The van der Waals surface area contributed by atoms with Crippen LogP contribution in [0.4, 0.5) is 0 Å². The summed E-state index contributed by atoms with van der Waals surface area (Å²) in [5.74, 6) is 0.153. The molecule has 102 valence electrons. The van der Waals surface area contributed by atoms with Crippen molar-refractivity contribution in [1.29, 1.82) is 0 Å². The Morgan fingerprint density at radius 1 is 1.41 bits per heavy atom. The van der Waals surface area contributed by atoms with E-state index in [1.54, 1.807) is 0 Å². The maximum absolute atomic E-state index is 11.6. The molecule has 0 aromatic rings. The van der Waals surface area contributed by atoms with Crippen molar-refractivity contribution in [2.45, 2.75) is 38.8 Å². The van der Waals surface area contributed by atoms with Crippen LogP contribution in [-0.4, -0.2) is 57.8 Å². The second kappa shape index (κ2) is 6.68. The molecule has 0 radical (unpaired) electrons. The van der Waals surface area contributed by atoms with E-state index in [9.17, 15) is 8.42 Å². The minimum atomic E-state index is -3.13. The van der Waals surface area contributed by atoms with Crippen molar-refractivity contribution in [2.75, 3.05) is 32.4 Å². The van der Waals surface area contributed by atoms with Crippen LogP contribution < -0.4 is 10.0 Å². The number of hydrogen-bond acceptors (Lipinski definition) is 4. The molecule has 17 heavy (non-hydrogen) atoms. The van der Waals surface area contributed by atoms with E-state index in [1.165, 1.54) is 12.8 Å². The van der Waals surface area contributed by atoms with Gasteiger partial charge < -0.3 is 5.32 Å². The third kappa shape index (κ3) is 5.81. The van der Waals surface area contributed by atoms with E-state index in [-0.39, 0.29) is 11.8 Å². The largest absolute Gasteiger partial charge is 0.316 e. The highest BCUT2D eigenvalue weighted by Crippen LogP contribution is 2.26.